The summed E-state index contributed by atoms with van der Waals surface area (Å²) in [7, 11) is 0. The van der Waals surface area contributed by atoms with Crippen LogP contribution in [0, 0.1) is 5.92 Å². The molecule has 5 rings (SSSR count). The largest absolute Gasteiger partial charge is 0.375 e. The zero-order valence-corrected chi connectivity index (χ0v) is 10.6. The van der Waals surface area contributed by atoms with Crippen LogP contribution in [0.2, 0.25) is 0 Å². The lowest BCUT2D eigenvalue weighted by Gasteiger charge is -2.39. The Hall–Kier alpha value is -0.120. The van der Waals surface area contributed by atoms with Gasteiger partial charge in [-0.2, -0.15) is 0 Å². The highest BCUT2D eigenvalue weighted by Gasteiger charge is 2.41. The third-order valence-electron chi connectivity index (χ3n) is 5.51. The molecule has 0 radical (unpaired) electrons. The first-order valence-corrected chi connectivity index (χ1v) is 7.49. The SMILES string of the molecule is C1CC2CC1CCN2C1CC2COC(CN2)C1. The lowest BCUT2D eigenvalue weighted by Crippen LogP contribution is -2.46. The van der Waals surface area contributed by atoms with Gasteiger partial charge in [-0.05, 0) is 51.0 Å². The number of fused-ring (bicyclic) bond motifs is 6. The molecule has 5 fully saturated rings. The van der Waals surface area contributed by atoms with Gasteiger partial charge in [0.1, 0.15) is 0 Å². The maximum absolute atomic E-state index is 5.91. The minimum atomic E-state index is 0.484. The first-order valence-electron chi connectivity index (χ1n) is 7.49. The highest BCUT2D eigenvalue weighted by atomic mass is 16.5. The molecule has 4 heterocycles. The van der Waals surface area contributed by atoms with Crippen LogP contribution in [0.25, 0.3) is 0 Å². The average molecular weight is 236 g/mol. The van der Waals surface area contributed by atoms with Crippen LogP contribution in [0.5, 0.6) is 0 Å². The zero-order valence-electron chi connectivity index (χ0n) is 10.6. The van der Waals surface area contributed by atoms with E-state index in [-0.39, 0.29) is 0 Å². The van der Waals surface area contributed by atoms with E-state index in [1.165, 1.54) is 45.1 Å². The average Bonchev–Trinajstić information content (AvgIpc) is 2.56. The number of likely N-dealkylation sites (tertiary alicyclic amines) is 1. The molecule has 1 aliphatic carbocycles. The van der Waals surface area contributed by atoms with Crippen LogP contribution >= 0.6 is 0 Å². The summed E-state index contributed by atoms with van der Waals surface area (Å²) < 4.78 is 5.91. The number of piperidine rings is 1. The van der Waals surface area contributed by atoms with E-state index in [1.54, 1.807) is 0 Å². The summed E-state index contributed by atoms with van der Waals surface area (Å²) in [6, 6.07) is 2.33. The summed E-state index contributed by atoms with van der Waals surface area (Å²) in [5, 5.41) is 3.64. The van der Waals surface area contributed by atoms with Crippen LogP contribution in [0.15, 0.2) is 0 Å². The number of hydrogen-bond donors (Lipinski definition) is 1. The zero-order chi connectivity index (χ0) is 11.2. The summed E-state index contributed by atoms with van der Waals surface area (Å²) in [5.74, 6) is 1.06. The molecule has 3 heteroatoms. The van der Waals surface area contributed by atoms with Gasteiger partial charge in [-0.15, -0.1) is 0 Å². The second-order valence-corrected chi connectivity index (χ2v) is 6.55. The number of hydrogen-bond acceptors (Lipinski definition) is 3. The van der Waals surface area contributed by atoms with E-state index in [2.05, 4.69) is 10.2 Å². The number of nitrogens with one attached hydrogen (secondary N) is 1. The number of morpholine rings is 1. The first-order chi connectivity index (χ1) is 8.38. The van der Waals surface area contributed by atoms with E-state index >= 15 is 0 Å². The van der Waals surface area contributed by atoms with E-state index < -0.39 is 0 Å². The minimum absolute atomic E-state index is 0.484. The third-order valence-corrected chi connectivity index (χ3v) is 5.51. The smallest absolute Gasteiger partial charge is 0.0715 e. The predicted octanol–water partition coefficient (Wildman–Crippen LogP) is 1.38. The second kappa shape index (κ2) is 4.22. The summed E-state index contributed by atoms with van der Waals surface area (Å²) >= 11 is 0. The molecule has 0 aromatic rings. The molecule has 17 heavy (non-hydrogen) atoms. The molecule has 3 nitrogen and oxygen atoms in total. The van der Waals surface area contributed by atoms with Crippen molar-refractivity contribution >= 4 is 0 Å². The molecule has 5 unspecified atom stereocenters. The molecule has 0 aromatic carbocycles. The normalized spacial score (nSPS) is 50.5. The summed E-state index contributed by atoms with van der Waals surface area (Å²) in [5.41, 5.74) is 0. The second-order valence-electron chi connectivity index (χ2n) is 6.55. The quantitative estimate of drug-likeness (QED) is 0.744. The van der Waals surface area contributed by atoms with Gasteiger partial charge in [0.2, 0.25) is 0 Å². The fourth-order valence-corrected chi connectivity index (χ4v) is 4.58. The standard InChI is InChI=1S/C14H24N2O/c1-2-12-5-10(1)3-4-16(12)13-6-11-9-17-14(7-13)8-15-11/h10-15H,1-9H2. The Kier molecular flexibility index (Phi) is 2.67. The molecule has 0 aromatic heterocycles. The fourth-order valence-electron chi connectivity index (χ4n) is 4.58. The fraction of sp³-hybridized carbons (Fsp3) is 1.00. The van der Waals surface area contributed by atoms with E-state index in [0.717, 1.165) is 31.2 Å². The van der Waals surface area contributed by atoms with Gasteiger partial charge in [0, 0.05) is 24.7 Å². The van der Waals surface area contributed by atoms with Crippen molar-refractivity contribution in [1.29, 1.82) is 0 Å². The van der Waals surface area contributed by atoms with Crippen molar-refractivity contribution in [3.63, 3.8) is 0 Å². The van der Waals surface area contributed by atoms with Crippen molar-refractivity contribution in [2.75, 3.05) is 19.7 Å². The Morgan fingerprint density at radius 3 is 2.88 bits per heavy atom. The van der Waals surface area contributed by atoms with Gasteiger partial charge >= 0.3 is 0 Å². The molecular weight excluding hydrogens is 212 g/mol. The Morgan fingerprint density at radius 1 is 1.00 bits per heavy atom. The molecule has 4 aliphatic heterocycles. The maximum atomic E-state index is 5.91. The number of nitrogens with zero attached hydrogens (tertiary/aromatic N) is 1. The minimum Gasteiger partial charge on any atom is -0.375 e. The van der Waals surface area contributed by atoms with Crippen molar-refractivity contribution in [2.45, 2.75) is 62.8 Å². The topological polar surface area (TPSA) is 24.5 Å². The highest BCUT2D eigenvalue weighted by Crippen LogP contribution is 2.39. The Bertz CT molecular complexity index is 274. The van der Waals surface area contributed by atoms with E-state index in [1.807, 2.05) is 0 Å². The third kappa shape index (κ3) is 1.92. The van der Waals surface area contributed by atoms with E-state index in [9.17, 15) is 0 Å². The Balaban J connectivity index is 1.50. The predicted molar refractivity (Wildman–Crippen MR) is 67.0 cm³/mol. The molecule has 4 saturated heterocycles. The summed E-state index contributed by atoms with van der Waals surface area (Å²) in [6.45, 7) is 3.39. The lowest BCUT2D eigenvalue weighted by molar-refractivity contribution is 0.0106. The summed E-state index contributed by atoms with van der Waals surface area (Å²) in [4.78, 5) is 2.85. The Labute approximate surface area is 104 Å². The Morgan fingerprint density at radius 2 is 2.00 bits per heavy atom. The van der Waals surface area contributed by atoms with Gasteiger partial charge in [0.05, 0.1) is 12.7 Å². The molecule has 96 valence electrons. The van der Waals surface area contributed by atoms with Crippen molar-refractivity contribution in [2.24, 2.45) is 5.92 Å². The molecular formula is C14H24N2O. The maximum Gasteiger partial charge on any atom is 0.0715 e. The van der Waals surface area contributed by atoms with Gasteiger partial charge in [-0.1, -0.05) is 0 Å². The molecule has 5 atom stereocenters. The number of ether oxygens (including phenoxy) is 1. The summed E-state index contributed by atoms with van der Waals surface area (Å²) in [6.07, 6.45) is 8.97. The molecule has 1 saturated carbocycles. The number of rotatable bonds is 1. The molecule has 1 N–H and O–H groups in total. The van der Waals surface area contributed by atoms with Crippen LogP contribution < -0.4 is 5.32 Å². The van der Waals surface area contributed by atoms with Gasteiger partial charge in [-0.3, -0.25) is 4.90 Å². The molecule has 4 bridgehead atoms. The van der Waals surface area contributed by atoms with Gasteiger partial charge in [0.15, 0.2) is 0 Å². The molecule has 0 amide bonds. The first kappa shape index (κ1) is 10.8. The van der Waals surface area contributed by atoms with Gasteiger partial charge in [-0.25, -0.2) is 0 Å². The van der Waals surface area contributed by atoms with Gasteiger partial charge < -0.3 is 10.1 Å². The lowest BCUT2D eigenvalue weighted by atomic mass is 9.94. The van der Waals surface area contributed by atoms with Crippen LogP contribution in [0.3, 0.4) is 0 Å². The van der Waals surface area contributed by atoms with Crippen molar-refractivity contribution in [1.82, 2.24) is 10.2 Å². The van der Waals surface area contributed by atoms with Crippen LogP contribution in [0.1, 0.15) is 38.5 Å². The van der Waals surface area contributed by atoms with Crippen molar-refractivity contribution in [3.05, 3.63) is 0 Å². The molecule has 0 spiro atoms. The van der Waals surface area contributed by atoms with Gasteiger partial charge in [0.25, 0.3) is 0 Å². The van der Waals surface area contributed by atoms with Crippen LogP contribution in [-0.2, 0) is 4.74 Å². The van der Waals surface area contributed by atoms with E-state index in [4.69, 9.17) is 4.74 Å². The molecule has 5 aliphatic rings. The highest BCUT2D eigenvalue weighted by molar-refractivity contribution is 4.96. The van der Waals surface area contributed by atoms with Crippen LogP contribution in [0.4, 0.5) is 0 Å². The van der Waals surface area contributed by atoms with Crippen LogP contribution in [-0.4, -0.2) is 48.8 Å². The van der Waals surface area contributed by atoms with Crippen molar-refractivity contribution in [3.8, 4) is 0 Å². The van der Waals surface area contributed by atoms with Crippen molar-refractivity contribution < 1.29 is 4.74 Å². The van der Waals surface area contributed by atoms with E-state index in [0.29, 0.717) is 12.1 Å². The monoisotopic (exact) mass is 236 g/mol.